The third kappa shape index (κ3) is 2.69. The van der Waals surface area contributed by atoms with E-state index in [1.54, 1.807) is 24.5 Å². The molecule has 0 spiro atoms. The van der Waals surface area contributed by atoms with Gasteiger partial charge in [-0.2, -0.15) is 4.91 Å². The molecule has 0 saturated heterocycles. The molecule has 2 aromatic heterocycles. The molecule has 3 rings (SSSR count). The molecular formula is C15H11FN4O. The van der Waals surface area contributed by atoms with Crippen molar-refractivity contribution in [3.63, 3.8) is 0 Å². The summed E-state index contributed by atoms with van der Waals surface area (Å²) in [6.45, 7) is -0.0424. The predicted molar refractivity (Wildman–Crippen MR) is 76.7 cm³/mol. The summed E-state index contributed by atoms with van der Waals surface area (Å²) in [4.78, 5) is 21.9. The van der Waals surface area contributed by atoms with Gasteiger partial charge < -0.3 is 4.98 Å². The summed E-state index contributed by atoms with van der Waals surface area (Å²) in [6.07, 6.45) is 3.34. The number of hydrogen-bond donors (Lipinski definition) is 1. The number of rotatable bonds is 4. The summed E-state index contributed by atoms with van der Waals surface area (Å²) in [5, 5.41) is 2.85. The fourth-order valence-corrected chi connectivity index (χ4v) is 2.10. The summed E-state index contributed by atoms with van der Waals surface area (Å²) in [5.74, 6) is 0.158. The highest BCUT2D eigenvalue weighted by molar-refractivity contribution is 5.78. The maximum atomic E-state index is 13.1. The van der Waals surface area contributed by atoms with E-state index in [9.17, 15) is 9.30 Å². The number of aromatic nitrogens is 3. The molecule has 0 saturated carbocycles. The van der Waals surface area contributed by atoms with Gasteiger partial charge in [0.15, 0.2) is 0 Å². The Hall–Kier alpha value is -2.89. The first kappa shape index (κ1) is 13.1. The predicted octanol–water partition coefficient (Wildman–Crippen LogP) is 3.54. The van der Waals surface area contributed by atoms with Crippen LogP contribution < -0.4 is 0 Å². The van der Waals surface area contributed by atoms with Crippen molar-refractivity contribution in [2.75, 3.05) is 0 Å². The molecule has 0 fully saturated rings. The SMILES string of the molecule is O=NCc1nc(-c2ccc(F)cc2)c(-c2ccncc2)[nH]1. The lowest BCUT2D eigenvalue weighted by molar-refractivity contribution is 0.628. The van der Waals surface area contributed by atoms with E-state index in [0.29, 0.717) is 11.5 Å². The van der Waals surface area contributed by atoms with Gasteiger partial charge in [-0.05, 0) is 36.4 Å². The molecule has 1 N–H and O–H groups in total. The Morgan fingerprint density at radius 2 is 1.76 bits per heavy atom. The number of pyridine rings is 1. The van der Waals surface area contributed by atoms with Crippen LogP contribution in [-0.4, -0.2) is 15.0 Å². The quantitative estimate of drug-likeness (QED) is 0.744. The van der Waals surface area contributed by atoms with E-state index >= 15 is 0 Å². The summed E-state index contributed by atoms with van der Waals surface area (Å²) in [7, 11) is 0. The monoisotopic (exact) mass is 282 g/mol. The molecule has 0 unspecified atom stereocenters. The van der Waals surface area contributed by atoms with Gasteiger partial charge in [-0.3, -0.25) is 4.98 Å². The second kappa shape index (κ2) is 5.62. The molecule has 5 nitrogen and oxygen atoms in total. The van der Waals surface area contributed by atoms with E-state index in [4.69, 9.17) is 0 Å². The Labute approximate surface area is 119 Å². The average molecular weight is 282 g/mol. The third-order valence-electron chi connectivity index (χ3n) is 3.05. The van der Waals surface area contributed by atoms with E-state index in [0.717, 1.165) is 16.8 Å². The summed E-state index contributed by atoms with van der Waals surface area (Å²) >= 11 is 0. The number of nitroso groups, excluding NO2 is 1. The first-order valence-corrected chi connectivity index (χ1v) is 6.32. The molecule has 21 heavy (non-hydrogen) atoms. The fraction of sp³-hybridized carbons (Fsp3) is 0.0667. The van der Waals surface area contributed by atoms with Crippen LogP contribution in [0.2, 0.25) is 0 Å². The lowest BCUT2D eigenvalue weighted by Gasteiger charge is -2.02. The zero-order valence-corrected chi connectivity index (χ0v) is 11.0. The number of H-pyrrole nitrogens is 1. The van der Waals surface area contributed by atoms with Gasteiger partial charge in [0.05, 0.1) is 11.4 Å². The molecule has 0 bridgehead atoms. The van der Waals surface area contributed by atoms with Crippen LogP contribution in [0, 0.1) is 10.7 Å². The zero-order valence-electron chi connectivity index (χ0n) is 11.0. The molecule has 0 amide bonds. The molecule has 0 aliphatic carbocycles. The Morgan fingerprint density at radius 3 is 2.43 bits per heavy atom. The van der Waals surface area contributed by atoms with Gasteiger partial charge in [0, 0.05) is 23.5 Å². The number of aromatic amines is 1. The van der Waals surface area contributed by atoms with Crippen molar-refractivity contribution in [3.05, 3.63) is 65.3 Å². The van der Waals surface area contributed by atoms with Crippen molar-refractivity contribution in [1.29, 1.82) is 0 Å². The third-order valence-corrected chi connectivity index (χ3v) is 3.05. The van der Waals surface area contributed by atoms with E-state index in [2.05, 4.69) is 20.1 Å². The highest BCUT2D eigenvalue weighted by Gasteiger charge is 2.14. The minimum Gasteiger partial charge on any atom is -0.340 e. The van der Waals surface area contributed by atoms with Crippen molar-refractivity contribution in [3.8, 4) is 22.5 Å². The largest absolute Gasteiger partial charge is 0.340 e. The van der Waals surface area contributed by atoms with Gasteiger partial charge in [-0.1, -0.05) is 5.18 Å². The van der Waals surface area contributed by atoms with Crippen molar-refractivity contribution < 1.29 is 4.39 Å². The Kier molecular flexibility index (Phi) is 3.51. The molecule has 6 heteroatoms. The summed E-state index contributed by atoms with van der Waals surface area (Å²) < 4.78 is 13.1. The van der Waals surface area contributed by atoms with E-state index in [1.165, 1.54) is 12.1 Å². The van der Waals surface area contributed by atoms with Crippen molar-refractivity contribution in [2.45, 2.75) is 6.54 Å². The molecule has 0 aliphatic heterocycles. The second-order valence-corrected chi connectivity index (χ2v) is 4.44. The average Bonchev–Trinajstić information content (AvgIpc) is 2.93. The Balaban J connectivity index is 2.14. The van der Waals surface area contributed by atoms with Crippen molar-refractivity contribution >= 4 is 0 Å². The maximum absolute atomic E-state index is 13.1. The number of imidazole rings is 1. The van der Waals surface area contributed by atoms with Crippen molar-refractivity contribution in [2.24, 2.45) is 5.18 Å². The van der Waals surface area contributed by atoms with Gasteiger partial charge >= 0.3 is 0 Å². The van der Waals surface area contributed by atoms with Gasteiger partial charge in [-0.15, -0.1) is 0 Å². The van der Waals surface area contributed by atoms with Crippen LogP contribution in [0.3, 0.4) is 0 Å². The van der Waals surface area contributed by atoms with Gasteiger partial charge in [0.2, 0.25) is 0 Å². The standard InChI is InChI=1S/C15H11FN4O/c16-12-3-1-10(2-4-12)14-15(11-5-7-17-8-6-11)20-13(19-14)9-18-21/h1-8H,9H2,(H,19,20). The minimum absolute atomic E-state index is 0.0424. The smallest absolute Gasteiger partial charge is 0.139 e. The maximum Gasteiger partial charge on any atom is 0.139 e. The van der Waals surface area contributed by atoms with E-state index in [-0.39, 0.29) is 12.4 Å². The van der Waals surface area contributed by atoms with Crippen molar-refractivity contribution in [1.82, 2.24) is 15.0 Å². The van der Waals surface area contributed by atoms with Gasteiger partial charge in [-0.25, -0.2) is 9.37 Å². The summed E-state index contributed by atoms with van der Waals surface area (Å²) in [6, 6.07) is 9.70. The van der Waals surface area contributed by atoms with Crippen LogP contribution in [0.25, 0.3) is 22.5 Å². The number of benzene rings is 1. The number of nitrogens with one attached hydrogen (secondary N) is 1. The molecule has 1 aromatic carbocycles. The van der Waals surface area contributed by atoms with Crippen LogP contribution in [-0.2, 0) is 6.54 Å². The summed E-state index contributed by atoms with van der Waals surface area (Å²) in [5.41, 5.74) is 3.05. The first-order chi connectivity index (χ1) is 10.3. The van der Waals surface area contributed by atoms with Gasteiger partial charge in [0.25, 0.3) is 0 Å². The van der Waals surface area contributed by atoms with Gasteiger partial charge in [0.1, 0.15) is 18.2 Å². The highest BCUT2D eigenvalue weighted by Crippen LogP contribution is 2.30. The number of halogens is 1. The Morgan fingerprint density at radius 1 is 1.05 bits per heavy atom. The first-order valence-electron chi connectivity index (χ1n) is 6.32. The molecule has 3 aromatic rings. The molecule has 2 heterocycles. The molecule has 104 valence electrons. The zero-order chi connectivity index (χ0) is 14.7. The highest BCUT2D eigenvalue weighted by atomic mass is 19.1. The lowest BCUT2D eigenvalue weighted by Crippen LogP contribution is -1.84. The lowest BCUT2D eigenvalue weighted by atomic mass is 10.1. The fourth-order valence-electron chi connectivity index (χ4n) is 2.10. The number of nitrogens with zero attached hydrogens (tertiary/aromatic N) is 3. The van der Waals surface area contributed by atoms with E-state index < -0.39 is 0 Å². The molecule has 0 radical (unpaired) electrons. The van der Waals surface area contributed by atoms with Crippen LogP contribution in [0.1, 0.15) is 5.82 Å². The van der Waals surface area contributed by atoms with Crippen LogP contribution in [0.5, 0.6) is 0 Å². The normalized spacial score (nSPS) is 10.5. The molecule has 0 atom stereocenters. The molecular weight excluding hydrogens is 271 g/mol. The Bertz CT molecular complexity index is 753. The minimum atomic E-state index is -0.311. The van der Waals surface area contributed by atoms with Crippen LogP contribution >= 0.6 is 0 Å². The van der Waals surface area contributed by atoms with E-state index in [1.807, 2.05) is 12.1 Å². The van der Waals surface area contributed by atoms with Crippen LogP contribution in [0.15, 0.2) is 54.0 Å². The van der Waals surface area contributed by atoms with Crippen LogP contribution in [0.4, 0.5) is 4.39 Å². The second-order valence-electron chi connectivity index (χ2n) is 4.44. The topological polar surface area (TPSA) is 71.0 Å². The number of hydrogen-bond acceptors (Lipinski definition) is 4. The molecule has 0 aliphatic rings.